The van der Waals surface area contributed by atoms with E-state index in [0.717, 1.165) is 0 Å². The Hall–Kier alpha value is -1.80. The summed E-state index contributed by atoms with van der Waals surface area (Å²) in [6.07, 6.45) is 3.84. The summed E-state index contributed by atoms with van der Waals surface area (Å²) >= 11 is 3.20. The van der Waals surface area contributed by atoms with E-state index in [-0.39, 0.29) is 5.91 Å². The molecular formula is C13H12BrNO3. The van der Waals surface area contributed by atoms with Gasteiger partial charge in [-0.3, -0.25) is 4.79 Å². The number of rotatable bonds is 4. The zero-order valence-electron chi connectivity index (χ0n) is 9.66. The monoisotopic (exact) mass is 309 g/mol. The van der Waals surface area contributed by atoms with Crippen molar-refractivity contribution in [2.24, 2.45) is 0 Å². The van der Waals surface area contributed by atoms with Gasteiger partial charge in [0.05, 0.1) is 4.47 Å². The van der Waals surface area contributed by atoms with Crippen LogP contribution in [0, 0.1) is 11.8 Å². The molecule has 0 aliphatic carbocycles. The van der Waals surface area contributed by atoms with Gasteiger partial charge in [0, 0.05) is 13.0 Å². The average Bonchev–Trinajstić information content (AvgIpc) is 2.37. The lowest BCUT2D eigenvalue weighted by atomic mass is 10.2. The highest BCUT2D eigenvalue weighted by Gasteiger charge is 1.98. The molecule has 0 atom stereocenters. The highest BCUT2D eigenvalue weighted by molar-refractivity contribution is 9.10. The minimum Gasteiger partial charge on any atom is -0.429 e. The Morgan fingerprint density at radius 2 is 2.39 bits per heavy atom. The second-order valence-electron chi connectivity index (χ2n) is 3.37. The number of unbranched alkanes of at least 4 members (excludes halogenated alkanes) is 1. The summed E-state index contributed by atoms with van der Waals surface area (Å²) in [5.41, 5.74) is -0.134. The summed E-state index contributed by atoms with van der Waals surface area (Å²) in [5, 5.41) is 2.64. The van der Waals surface area contributed by atoms with Crippen molar-refractivity contribution in [3.05, 3.63) is 45.4 Å². The van der Waals surface area contributed by atoms with Crippen LogP contribution in [0.2, 0.25) is 0 Å². The number of nitrogens with one attached hydrogen (secondary N) is 1. The molecule has 0 bridgehead atoms. The highest BCUT2D eigenvalue weighted by Crippen LogP contribution is 2.07. The first kappa shape index (κ1) is 14.3. The largest absolute Gasteiger partial charge is 0.429 e. The SMILES string of the molecule is C=CC(=O)NCCCC#Cc1cc(Br)coc1=O. The maximum absolute atomic E-state index is 11.3. The van der Waals surface area contributed by atoms with Crippen LogP contribution in [0.15, 0.2) is 38.7 Å². The smallest absolute Gasteiger partial charge is 0.351 e. The van der Waals surface area contributed by atoms with Crippen molar-refractivity contribution in [2.75, 3.05) is 6.54 Å². The van der Waals surface area contributed by atoms with Crippen LogP contribution in [0.5, 0.6) is 0 Å². The zero-order chi connectivity index (χ0) is 13.4. The van der Waals surface area contributed by atoms with E-state index in [1.807, 2.05) is 0 Å². The summed E-state index contributed by atoms with van der Waals surface area (Å²) in [7, 11) is 0. The van der Waals surface area contributed by atoms with Crippen molar-refractivity contribution >= 4 is 21.8 Å². The van der Waals surface area contributed by atoms with Gasteiger partial charge in [-0.05, 0) is 34.5 Å². The molecule has 94 valence electrons. The number of amides is 1. The van der Waals surface area contributed by atoms with E-state index in [1.165, 1.54) is 12.3 Å². The topological polar surface area (TPSA) is 59.3 Å². The summed E-state index contributed by atoms with van der Waals surface area (Å²) in [5.74, 6) is 5.39. The Balaban J connectivity index is 2.42. The molecule has 0 saturated heterocycles. The van der Waals surface area contributed by atoms with Gasteiger partial charge in [-0.25, -0.2) is 4.79 Å². The predicted molar refractivity (Wildman–Crippen MR) is 72.0 cm³/mol. The Bertz CT molecular complexity index is 551. The van der Waals surface area contributed by atoms with E-state index in [0.29, 0.717) is 29.4 Å². The van der Waals surface area contributed by atoms with Crippen LogP contribution in [0.1, 0.15) is 18.4 Å². The fraction of sp³-hybridized carbons (Fsp3) is 0.231. The average molecular weight is 310 g/mol. The Morgan fingerprint density at radius 1 is 1.61 bits per heavy atom. The maximum atomic E-state index is 11.3. The maximum Gasteiger partial charge on any atom is 0.351 e. The van der Waals surface area contributed by atoms with Gasteiger partial charge in [0.2, 0.25) is 5.91 Å². The molecule has 0 aliphatic rings. The van der Waals surface area contributed by atoms with Crippen molar-refractivity contribution < 1.29 is 9.21 Å². The molecule has 1 heterocycles. The molecule has 0 spiro atoms. The van der Waals surface area contributed by atoms with E-state index in [1.54, 1.807) is 6.07 Å². The van der Waals surface area contributed by atoms with E-state index in [9.17, 15) is 9.59 Å². The number of hydrogen-bond donors (Lipinski definition) is 1. The second-order valence-corrected chi connectivity index (χ2v) is 4.28. The number of carbonyl (C=O) groups excluding carboxylic acids is 1. The van der Waals surface area contributed by atoms with Crippen molar-refractivity contribution in [3.63, 3.8) is 0 Å². The number of carbonyl (C=O) groups is 1. The predicted octanol–water partition coefficient (Wildman–Crippen LogP) is 1.84. The summed E-state index contributed by atoms with van der Waals surface area (Å²) in [6.45, 7) is 3.88. The third-order valence-corrected chi connectivity index (χ3v) is 2.38. The van der Waals surface area contributed by atoms with Gasteiger partial charge < -0.3 is 9.73 Å². The molecule has 5 heteroatoms. The molecule has 1 N–H and O–H groups in total. The Kier molecular flexibility index (Phi) is 5.95. The molecule has 0 aromatic carbocycles. The Morgan fingerprint density at radius 3 is 3.11 bits per heavy atom. The lowest BCUT2D eigenvalue weighted by Crippen LogP contribution is -2.21. The van der Waals surface area contributed by atoms with Crippen LogP contribution in [0.25, 0.3) is 0 Å². The van der Waals surface area contributed by atoms with Crippen molar-refractivity contribution in [1.82, 2.24) is 5.32 Å². The fourth-order valence-electron chi connectivity index (χ4n) is 1.11. The van der Waals surface area contributed by atoms with Gasteiger partial charge in [-0.1, -0.05) is 18.4 Å². The summed E-state index contributed by atoms with van der Waals surface area (Å²) in [6, 6.07) is 1.61. The molecule has 0 saturated carbocycles. The van der Waals surface area contributed by atoms with Gasteiger partial charge in [0.25, 0.3) is 0 Å². The number of halogens is 1. The standard InChI is InChI=1S/C13H12BrNO3/c1-2-12(16)15-7-5-3-4-6-10-8-11(14)9-18-13(10)17/h2,8-9H,1,3,5,7H2,(H,15,16). The molecule has 0 aliphatic heterocycles. The first-order valence-electron chi connectivity index (χ1n) is 5.31. The molecule has 0 fully saturated rings. The minimum atomic E-state index is -0.453. The molecule has 0 unspecified atom stereocenters. The van der Waals surface area contributed by atoms with Gasteiger partial charge in [-0.2, -0.15) is 0 Å². The van der Waals surface area contributed by atoms with Crippen molar-refractivity contribution in [3.8, 4) is 11.8 Å². The van der Waals surface area contributed by atoms with Gasteiger partial charge in [0.1, 0.15) is 11.8 Å². The Labute approximate surface area is 113 Å². The molecule has 1 aromatic rings. The van der Waals surface area contributed by atoms with E-state index >= 15 is 0 Å². The van der Waals surface area contributed by atoms with Crippen LogP contribution in [0.3, 0.4) is 0 Å². The van der Waals surface area contributed by atoms with Crippen LogP contribution < -0.4 is 10.9 Å². The molecule has 18 heavy (non-hydrogen) atoms. The minimum absolute atomic E-state index is 0.199. The molecular weight excluding hydrogens is 298 g/mol. The third-order valence-electron chi connectivity index (χ3n) is 1.97. The van der Waals surface area contributed by atoms with Crippen LogP contribution in [-0.4, -0.2) is 12.5 Å². The van der Waals surface area contributed by atoms with Crippen molar-refractivity contribution in [1.29, 1.82) is 0 Å². The van der Waals surface area contributed by atoms with E-state index < -0.39 is 5.63 Å². The lowest BCUT2D eigenvalue weighted by Gasteiger charge is -1.97. The van der Waals surface area contributed by atoms with Crippen molar-refractivity contribution in [2.45, 2.75) is 12.8 Å². The molecule has 1 aromatic heterocycles. The normalized spacial score (nSPS) is 9.17. The molecule has 1 amide bonds. The lowest BCUT2D eigenvalue weighted by molar-refractivity contribution is -0.116. The third kappa shape index (κ3) is 5.02. The molecule has 4 nitrogen and oxygen atoms in total. The zero-order valence-corrected chi connectivity index (χ0v) is 11.2. The highest BCUT2D eigenvalue weighted by atomic mass is 79.9. The quantitative estimate of drug-likeness (QED) is 0.524. The first-order valence-corrected chi connectivity index (χ1v) is 6.10. The van der Waals surface area contributed by atoms with Crippen LogP contribution in [0.4, 0.5) is 0 Å². The van der Waals surface area contributed by atoms with Crippen LogP contribution in [-0.2, 0) is 4.79 Å². The van der Waals surface area contributed by atoms with E-state index in [4.69, 9.17) is 4.42 Å². The van der Waals surface area contributed by atoms with Gasteiger partial charge in [0.15, 0.2) is 0 Å². The summed E-state index contributed by atoms with van der Waals surface area (Å²) in [4.78, 5) is 22.1. The van der Waals surface area contributed by atoms with E-state index in [2.05, 4.69) is 39.7 Å². The second kappa shape index (κ2) is 7.51. The van der Waals surface area contributed by atoms with Crippen LogP contribution >= 0.6 is 15.9 Å². The van der Waals surface area contributed by atoms with Gasteiger partial charge in [-0.15, -0.1) is 0 Å². The molecule has 1 rings (SSSR count). The summed E-state index contributed by atoms with van der Waals surface area (Å²) < 4.78 is 5.41. The molecule has 0 radical (unpaired) electrons. The first-order chi connectivity index (χ1) is 8.63. The number of hydrogen-bond acceptors (Lipinski definition) is 3. The van der Waals surface area contributed by atoms with Gasteiger partial charge >= 0.3 is 5.63 Å². The fourth-order valence-corrected chi connectivity index (χ4v) is 1.43.